The molecule has 1 aromatic carbocycles. The van der Waals surface area contributed by atoms with Crippen LogP contribution in [0.15, 0.2) is 23.2 Å². The fourth-order valence-electron chi connectivity index (χ4n) is 3.30. The summed E-state index contributed by atoms with van der Waals surface area (Å²) in [5, 5.41) is 6.19. The molecular weight excluding hydrogens is 515 g/mol. The summed E-state index contributed by atoms with van der Waals surface area (Å²) in [6.07, 6.45) is 0.687. The van der Waals surface area contributed by atoms with Gasteiger partial charge in [-0.1, -0.05) is 19.9 Å². The zero-order valence-corrected chi connectivity index (χ0v) is 20.1. The van der Waals surface area contributed by atoms with Crippen LogP contribution in [0.25, 0.3) is 0 Å². The lowest BCUT2D eigenvalue weighted by Gasteiger charge is -2.22. The van der Waals surface area contributed by atoms with E-state index in [2.05, 4.69) is 15.6 Å². The van der Waals surface area contributed by atoms with Crippen LogP contribution >= 0.6 is 24.0 Å². The van der Waals surface area contributed by atoms with Crippen LogP contribution in [0.5, 0.6) is 0 Å². The highest BCUT2D eigenvalue weighted by Crippen LogP contribution is 2.26. The molecule has 1 fully saturated rings. The molecule has 1 aliphatic rings. The lowest BCUT2D eigenvalue weighted by atomic mass is 10.2. The summed E-state index contributed by atoms with van der Waals surface area (Å²) in [5.74, 6) is -0.725. The predicted molar refractivity (Wildman–Crippen MR) is 124 cm³/mol. The molecule has 1 aliphatic heterocycles. The van der Waals surface area contributed by atoms with Crippen LogP contribution in [0, 0.1) is 11.6 Å². The molecule has 0 saturated carbocycles. The van der Waals surface area contributed by atoms with Gasteiger partial charge in [-0.05, 0) is 18.6 Å². The Bertz CT molecular complexity index is 770. The van der Waals surface area contributed by atoms with E-state index in [1.54, 1.807) is 25.8 Å². The quantitative estimate of drug-likeness (QED) is 0.297. The summed E-state index contributed by atoms with van der Waals surface area (Å²) in [7, 11) is -1.72. The molecule has 29 heavy (non-hydrogen) atoms. The van der Waals surface area contributed by atoms with Crippen molar-refractivity contribution in [2.45, 2.75) is 26.3 Å². The summed E-state index contributed by atoms with van der Waals surface area (Å²) >= 11 is 0. The third kappa shape index (κ3) is 6.92. The monoisotopic (exact) mass is 545 g/mol. The summed E-state index contributed by atoms with van der Waals surface area (Å²) in [5.41, 5.74) is -0.0138. The largest absolute Gasteiger partial charge is 0.365 e. The lowest BCUT2D eigenvalue weighted by molar-refractivity contribution is 0.445. The SMILES string of the molecule is CCN(CC)S(=O)(=O)CCNC(=NC)NC1CCN(c2c(F)cccc2F)C1.I. The minimum atomic E-state index is -3.31. The van der Waals surface area contributed by atoms with Crippen LogP contribution in [-0.2, 0) is 10.0 Å². The van der Waals surface area contributed by atoms with Crippen molar-refractivity contribution in [1.29, 1.82) is 0 Å². The number of nitrogens with one attached hydrogen (secondary N) is 2. The molecule has 7 nitrogen and oxygen atoms in total. The van der Waals surface area contributed by atoms with Gasteiger partial charge in [0.15, 0.2) is 5.96 Å². The molecule has 11 heteroatoms. The second kappa shape index (κ2) is 11.8. The van der Waals surface area contributed by atoms with Crippen LogP contribution < -0.4 is 15.5 Å². The fourth-order valence-corrected chi connectivity index (χ4v) is 4.71. The van der Waals surface area contributed by atoms with Gasteiger partial charge in [-0.2, -0.15) is 0 Å². The smallest absolute Gasteiger partial charge is 0.215 e. The van der Waals surface area contributed by atoms with E-state index < -0.39 is 21.7 Å². The highest BCUT2D eigenvalue weighted by atomic mass is 127. The average Bonchev–Trinajstić information content (AvgIpc) is 3.09. The molecule has 1 saturated heterocycles. The van der Waals surface area contributed by atoms with Crippen LogP contribution in [0.1, 0.15) is 20.3 Å². The highest BCUT2D eigenvalue weighted by molar-refractivity contribution is 14.0. The maximum atomic E-state index is 14.0. The Labute approximate surface area is 189 Å². The van der Waals surface area contributed by atoms with Gasteiger partial charge in [-0.15, -0.1) is 24.0 Å². The minimum absolute atomic E-state index is 0. The number of benzene rings is 1. The number of guanidine groups is 1. The Morgan fingerprint density at radius 2 is 1.90 bits per heavy atom. The molecule has 0 amide bonds. The fraction of sp³-hybridized carbons (Fsp3) is 0.611. The lowest BCUT2D eigenvalue weighted by Crippen LogP contribution is -2.46. The van der Waals surface area contributed by atoms with Gasteiger partial charge in [0.2, 0.25) is 10.0 Å². The summed E-state index contributed by atoms with van der Waals surface area (Å²) in [6, 6.07) is 3.79. The Morgan fingerprint density at radius 1 is 1.28 bits per heavy atom. The second-order valence-corrected chi connectivity index (χ2v) is 8.63. The van der Waals surface area contributed by atoms with Crippen molar-refractivity contribution in [3.05, 3.63) is 29.8 Å². The first-order valence-electron chi connectivity index (χ1n) is 9.46. The number of hydrogen-bond donors (Lipinski definition) is 2. The topological polar surface area (TPSA) is 77.0 Å². The summed E-state index contributed by atoms with van der Waals surface area (Å²) < 4.78 is 53.8. The molecule has 0 aromatic heterocycles. The third-order valence-corrected chi connectivity index (χ3v) is 6.78. The van der Waals surface area contributed by atoms with E-state index in [1.807, 2.05) is 0 Å². The van der Waals surface area contributed by atoms with Crippen molar-refractivity contribution in [2.75, 3.05) is 50.4 Å². The molecule has 1 atom stereocenters. The van der Waals surface area contributed by atoms with Gasteiger partial charge in [-0.25, -0.2) is 21.5 Å². The van der Waals surface area contributed by atoms with E-state index in [9.17, 15) is 17.2 Å². The minimum Gasteiger partial charge on any atom is -0.365 e. The summed E-state index contributed by atoms with van der Waals surface area (Å²) in [6.45, 7) is 5.65. The molecular formula is C18H30F2IN5O2S. The molecule has 0 radical (unpaired) electrons. The molecule has 2 rings (SSSR count). The Hall–Kier alpha value is -1.21. The number of aliphatic imine (C=N–C) groups is 1. The summed E-state index contributed by atoms with van der Waals surface area (Å²) in [4.78, 5) is 5.78. The second-order valence-electron chi connectivity index (χ2n) is 6.55. The molecule has 1 unspecified atom stereocenters. The molecule has 0 bridgehead atoms. The van der Waals surface area contributed by atoms with Crippen molar-refractivity contribution in [1.82, 2.24) is 14.9 Å². The number of anilines is 1. The molecule has 2 N–H and O–H groups in total. The predicted octanol–water partition coefficient (Wildman–Crippen LogP) is 2.00. The van der Waals surface area contributed by atoms with Gasteiger partial charge in [0, 0.05) is 45.8 Å². The van der Waals surface area contributed by atoms with E-state index in [0.29, 0.717) is 38.6 Å². The van der Waals surface area contributed by atoms with Crippen LogP contribution in [-0.4, -0.2) is 70.2 Å². The highest BCUT2D eigenvalue weighted by Gasteiger charge is 2.27. The Morgan fingerprint density at radius 3 is 2.45 bits per heavy atom. The number of hydrogen-bond acceptors (Lipinski definition) is 4. The van der Waals surface area contributed by atoms with Crippen LogP contribution in [0.3, 0.4) is 0 Å². The molecule has 0 aliphatic carbocycles. The number of halogens is 3. The van der Waals surface area contributed by atoms with E-state index in [4.69, 9.17) is 0 Å². The number of nitrogens with zero attached hydrogens (tertiary/aromatic N) is 3. The first kappa shape index (κ1) is 25.8. The van der Waals surface area contributed by atoms with Crippen molar-refractivity contribution >= 4 is 45.6 Å². The molecule has 0 spiro atoms. The van der Waals surface area contributed by atoms with Crippen molar-refractivity contribution in [2.24, 2.45) is 4.99 Å². The van der Waals surface area contributed by atoms with E-state index in [1.165, 1.54) is 22.5 Å². The van der Waals surface area contributed by atoms with Crippen molar-refractivity contribution in [3.8, 4) is 0 Å². The van der Waals surface area contributed by atoms with Gasteiger partial charge in [0.05, 0.1) is 5.75 Å². The zero-order valence-electron chi connectivity index (χ0n) is 17.0. The Kier molecular flexibility index (Phi) is 10.5. The maximum Gasteiger partial charge on any atom is 0.215 e. The number of sulfonamides is 1. The normalized spacial score (nSPS) is 17.4. The van der Waals surface area contributed by atoms with E-state index in [-0.39, 0.29) is 48.0 Å². The first-order valence-corrected chi connectivity index (χ1v) is 11.1. The van der Waals surface area contributed by atoms with Crippen LogP contribution in [0.4, 0.5) is 14.5 Å². The van der Waals surface area contributed by atoms with Gasteiger partial charge in [-0.3, -0.25) is 4.99 Å². The van der Waals surface area contributed by atoms with Gasteiger partial charge in [0.25, 0.3) is 0 Å². The molecule has 166 valence electrons. The standard InChI is InChI=1S/C18H29F2N5O2S.HI/c1-4-25(5-2)28(26,27)12-10-22-18(21-3)23-14-9-11-24(13-14)17-15(19)7-6-8-16(17)20;/h6-8,14H,4-5,9-13H2,1-3H3,(H2,21,22,23);1H. The zero-order chi connectivity index (χ0) is 20.7. The molecule has 1 aromatic rings. The third-order valence-electron chi connectivity index (χ3n) is 4.76. The van der Waals surface area contributed by atoms with Crippen molar-refractivity contribution in [3.63, 3.8) is 0 Å². The van der Waals surface area contributed by atoms with Gasteiger partial charge in [0.1, 0.15) is 17.3 Å². The van der Waals surface area contributed by atoms with E-state index in [0.717, 1.165) is 0 Å². The van der Waals surface area contributed by atoms with Crippen molar-refractivity contribution < 1.29 is 17.2 Å². The average molecular weight is 545 g/mol. The number of rotatable bonds is 8. The maximum absolute atomic E-state index is 14.0. The van der Waals surface area contributed by atoms with Gasteiger partial charge < -0.3 is 15.5 Å². The first-order chi connectivity index (χ1) is 13.3. The van der Waals surface area contributed by atoms with E-state index >= 15 is 0 Å². The van der Waals surface area contributed by atoms with Gasteiger partial charge >= 0.3 is 0 Å². The van der Waals surface area contributed by atoms with Crippen LogP contribution in [0.2, 0.25) is 0 Å². The number of para-hydroxylation sites is 1. The molecule has 1 heterocycles. The Balaban J connectivity index is 0.00000420.